The van der Waals surface area contributed by atoms with E-state index >= 15 is 0 Å². The van der Waals surface area contributed by atoms with E-state index in [4.69, 9.17) is 0 Å². The van der Waals surface area contributed by atoms with Crippen LogP contribution < -0.4 is 5.32 Å². The molecule has 0 aromatic heterocycles. The second-order valence-corrected chi connectivity index (χ2v) is 4.16. The average Bonchev–Trinajstić information content (AvgIpc) is 2.73. The van der Waals surface area contributed by atoms with Crippen molar-refractivity contribution in [2.24, 2.45) is 0 Å². The molecular weight excluding hydrogens is 204 g/mol. The lowest BCUT2D eigenvalue weighted by Crippen LogP contribution is -2.37. The summed E-state index contributed by atoms with van der Waals surface area (Å²) in [5.41, 5.74) is 0.870. The summed E-state index contributed by atoms with van der Waals surface area (Å²) in [7, 11) is 1.39. The highest BCUT2D eigenvalue weighted by molar-refractivity contribution is 5.82. The molecule has 1 aliphatic rings. The van der Waals surface area contributed by atoms with Crippen LogP contribution in [0, 0.1) is 0 Å². The van der Waals surface area contributed by atoms with Crippen LogP contribution in [-0.4, -0.2) is 43.7 Å². The highest BCUT2D eigenvalue weighted by Gasteiger charge is 2.22. The molecule has 0 aromatic rings. The van der Waals surface area contributed by atoms with E-state index in [1.165, 1.54) is 32.6 Å². The summed E-state index contributed by atoms with van der Waals surface area (Å²) < 4.78 is 4.57. The van der Waals surface area contributed by atoms with Crippen molar-refractivity contribution in [3.05, 3.63) is 11.8 Å². The van der Waals surface area contributed by atoms with E-state index in [9.17, 15) is 4.79 Å². The molecule has 0 bridgehead atoms. The highest BCUT2D eigenvalue weighted by atomic mass is 16.5. The first kappa shape index (κ1) is 13.0. The summed E-state index contributed by atoms with van der Waals surface area (Å²) in [4.78, 5) is 13.5. The minimum Gasteiger partial charge on any atom is -0.466 e. The fourth-order valence-corrected chi connectivity index (χ4v) is 2.11. The van der Waals surface area contributed by atoms with E-state index in [1.807, 2.05) is 6.92 Å². The molecular formula is C12H22N2O2. The zero-order valence-electron chi connectivity index (χ0n) is 10.5. The maximum Gasteiger partial charge on any atom is 0.332 e. The third-order valence-corrected chi connectivity index (χ3v) is 3.06. The number of hydrogen-bond acceptors (Lipinski definition) is 4. The Labute approximate surface area is 97.6 Å². The molecule has 1 fully saturated rings. The minimum absolute atomic E-state index is 0.302. The normalized spacial score (nSPS) is 22.2. The molecule has 1 atom stereocenters. The topological polar surface area (TPSA) is 41.6 Å². The summed E-state index contributed by atoms with van der Waals surface area (Å²) in [5, 5.41) is 3.27. The van der Waals surface area contributed by atoms with Crippen LogP contribution in [0.15, 0.2) is 11.8 Å². The van der Waals surface area contributed by atoms with Crippen LogP contribution in [0.3, 0.4) is 0 Å². The van der Waals surface area contributed by atoms with Gasteiger partial charge in [0, 0.05) is 24.4 Å². The number of carbonyl (C=O) groups excluding carboxylic acids is 1. The SMILES string of the molecule is CCN1CCCC1CN/C(C)=C/C(=O)OC. The number of rotatable bonds is 5. The number of nitrogens with one attached hydrogen (secondary N) is 1. The Morgan fingerprint density at radius 2 is 2.38 bits per heavy atom. The molecule has 1 N–H and O–H groups in total. The predicted octanol–water partition coefficient (Wildman–Crippen LogP) is 1.14. The molecule has 1 heterocycles. The lowest BCUT2D eigenvalue weighted by Gasteiger charge is -2.23. The number of nitrogens with zero attached hydrogens (tertiary/aromatic N) is 1. The van der Waals surface area contributed by atoms with Crippen molar-refractivity contribution < 1.29 is 9.53 Å². The number of ether oxygens (including phenoxy) is 1. The molecule has 0 saturated carbocycles. The van der Waals surface area contributed by atoms with Gasteiger partial charge in [0.2, 0.25) is 0 Å². The van der Waals surface area contributed by atoms with Crippen molar-refractivity contribution in [3.63, 3.8) is 0 Å². The van der Waals surface area contributed by atoms with Gasteiger partial charge in [0.05, 0.1) is 7.11 Å². The van der Waals surface area contributed by atoms with Crippen LogP contribution in [0.25, 0.3) is 0 Å². The van der Waals surface area contributed by atoms with Crippen LogP contribution in [0.5, 0.6) is 0 Å². The molecule has 1 rings (SSSR count). The quantitative estimate of drug-likeness (QED) is 0.564. The molecule has 0 radical (unpaired) electrons. The van der Waals surface area contributed by atoms with E-state index in [-0.39, 0.29) is 5.97 Å². The predicted molar refractivity (Wildman–Crippen MR) is 64.0 cm³/mol. The minimum atomic E-state index is -0.302. The maximum absolute atomic E-state index is 11.0. The fourth-order valence-electron chi connectivity index (χ4n) is 2.11. The average molecular weight is 226 g/mol. The smallest absolute Gasteiger partial charge is 0.332 e. The van der Waals surface area contributed by atoms with Gasteiger partial charge in [-0.1, -0.05) is 6.92 Å². The maximum atomic E-state index is 11.0. The Balaban J connectivity index is 2.33. The third kappa shape index (κ3) is 3.85. The number of allylic oxidation sites excluding steroid dienone is 1. The van der Waals surface area contributed by atoms with Gasteiger partial charge in [-0.2, -0.15) is 0 Å². The highest BCUT2D eigenvalue weighted by Crippen LogP contribution is 2.15. The fraction of sp³-hybridized carbons (Fsp3) is 0.750. The van der Waals surface area contributed by atoms with Crippen LogP contribution in [-0.2, 0) is 9.53 Å². The first-order chi connectivity index (χ1) is 7.67. The lowest BCUT2D eigenvalue weighted by molar-refractivity contribution is -0.134. The molecule has 0 aliphatic carbocycles. The number of likely N-dealkylation sites (tertiary alicyclic amines) is 1. The number of carbonyl (C=O) groups is 1. The molecule has 4 nitrogen and oxygen atoms in total. The van der Waals surface area contributed by atoms with Crippen molar-refractivity contribution in [2.45, 2.75) is 32.7 Å². The van der Waals surface area contributed by atoms with Gasteiger partial charge in [0.1, 0.15) is 0 Å². The van der Waals surface area contributed by atoms with Crippen LogP contribution in [0.2, 0.25) is 0 Å². The summed E-state index contributed by atoms with van der Waals surface area (Å²) in [6.45, 7) is 7.29. The summed E-state index contributed by atoms with van der Waals surface area (Å²) in [6.07, 6.45) is 4.01. The molecule has 0 amide bonds. The van der Waals surface area contributed by atoms with Crippen molar-refractivity contribution in [1.29, 1.82) is 0 Å². The molecule has 1 saturated heterocycles. The van der Waals surface area contributed by atoms with Gasteiger partial charge in [0.25, 0.3) is 0 Å². The van der Waals surface area contributed by atoms with Crippen molar-refractivity contribution >= 4 is 5.97 Å². The largest absolute Gasteiger partial charge is 0.466 e. The molecule has 0 aromatic carbocycles. The van der Waals surface area contributed by atoms with Gasteiger partial charge in [-0.25, -0.2) is 4.79 Å². The van der Waals surface area contributed by atoms with Crippen molar-refractivity contribution in [3.8, 4) is 0 Å². The van der Waals surface area contributed by atoms with Gasteiger partial charge in [0.15, 0.2) is 0 Å². The number of hydrogen-bond donors (Lipinski definition) is 1. The van der Waals surface area contributed by atoms with E-state index in [0.29, 0.717) is 6.04 Å². The molecule has 4 heteroatoms. The lowest BCUT2D eigenvalue weighted by atomic mass is 10.2. The first-order valence-electron chi connectivity index (χ1n) is 5.91. The van der Waals surface area contributed by atoms with Crippen molar-refractivity contribution in [2.75, 3.05) is 26.7 Å². The molecule has 16 heavy (non-hydrogen) atoms. The zero-order valence-corrected chi connectivity index (χ0v) is 10.5. The van der Waals surface area contributed by atoms with Crippen LogP contribution in [0.4, 0.5) is 0 Å². The van der Waals surface area contributed by atoms with E-state index < -0.39 is 0 Å². The summed E-state index contributed by atoms with van der Waals surface area (Å²) in [6, 6.07) is 0.603. The Morgan fingerprint density at radius 1 is 1.62 bits per heavy atom. The van der Waals surface area contributed by atoms with Gasteiger partial charge in [-0.15, -0.1) is 0 Å². The Bertz CT molecular complexity index is 264. The molecule has 1 unspecified atom stereocenters. The van der Waals surface area contributed by atoms with Crippen molar-refractivity contribution in [1.82, 2.24) is 10.2 Å². The second kappa shape index (κ2) is 6.53. The molecule has 92 valence electrons. The summed E-state index contributed by atoms with van der Waals surface area (Å²) in [5.74, 6) is -0.302. The van der Waals surface area contributed by atoms with E-state index in [0.717, 1.165) is 18.8 Å². The van der Waals surface area contributed by atoms with E-state index in [2.05, 4.69) is 21.9 Å². The van der Waals surface area contributed by atoms with Gasteiger partial charge >= 0.3 is 5.97 Å². The molecule has 0 spiro atoms. The van der Waals surface area contributed by atoms with Crippen LogP contribution >= 0.6 is 0 Å². The Hall–Kier alpha value is -1.03. The number of esters is 1. The standard InChI is InChI=1S/C12H22N2O2/c1-4-14-7-5-6-11(14)9-13-10(2)8-12(15)16-3/h8,11,13H,4-7,9H2,1-3H3/b10-8+. The number of methoxy groups -OCH3 is 1. The second-order valence-electron chi connectivity index (χ2n) is 4.16. The van der Waals surface area contributed by atoms with Gasteiger partial charge < -0.3 is 10.1 Å². The molecule has 1 aliphatic heterocycles. The number of likely N-dealkylation sites (N-methyl/N-ethyl adjacent to an activating group) is 1. The van der Waals surface area contributed by atoms with Gasteiger partial charge in [-0.3, -0.25) is 4.90 Å². The summed E-state index contributed by atoms with van der Waals surface area (Å²) >= 11 is 0. The Kier molecular flexibility index (Phi) is 5.32. The van der Waals surface area contributed by atoms with E-state index in [1.54, 1.807) is 0 Å². The monoisotopic (exact) mass is 226 g/mol. The van der Waals surface area contributed by atoms with Gasteiger partial charge in [-0.05, 0) is 32.9 Å². The Morgan fingerprint density at radius 3 is 3.00 bits per heavy atom. The third-order valence-electron chi connectivity index (χ3n) is 3.06. The first-order valence-corrected chi connectivity index (χ1v) is 5.91. The zero-order chi connectivity index (χ0) is 12.0. The van der Waals surface area contributed by atoms with Crippen LogP contribution in [0.1, 0.15) is 26.7 Å².